The first-order valence-electron chi connectivity index (χ1n) is 6.74. The van der Waals surface area contributed by atoms with Gasteiger partial charge in [0, 0.05) is 31.4 Å². The lowest BCUT2D eigenvalue weighted by atomic mass is 10.0. The molecule has 1 aliphatic rings. The number of hydrogen-bond donors (Lipinski definition) is 1. The van der Waals surface area contributed by atoms with Gasteiger partial charge in [0.25, 0.3) is 0 Å². The Morgan fingerprint density at radius 1 is 1.37 bits per heavy atom. The van der Waals surface area contributed by atoms with Gasteiger partial charge < -0.3 is 4.90 Å². The Morgan fingerprint density at radius 3 is 2.74 bits per heavy atom. The van der Waals surface area contributed by atoms with Crippen molar-refractivity contribution >= 4 is 27.5 Å². The third-order valence-electron chi connectivity index (χ3n) is 3.30. The van der Waals surface area contributed by atoms with Gasteiger partial charge in [-0.15, -0.1) is 11.6 Å². The molecule has 1 atom stereocenters. The summed E-state index contributed by atoms with van der Waals surface area (Å²) in [5, 5.41) is 0. The largest absolute Gasteiger partial charge is 0.338 e. The van der Waals surface area contributed by atoms with Gasteiger partial charge in [0.15, 0.2) is 0 Å². The summed E-state index contributed by atoms with van der Waals surface area (Å²) >= 11 is 5.60. The fraction of sp³-hybridized carbons (Fsp3) is 0.917. The third kappa shape index (κ3) is 6.58. The second-order valence-electron chi connectivity index (χ2n) is 5.00. The van der Waals surface area contributed by atoms with E-state index in [0.29, 0.717) is 18.8 Å². The Bertz CT molecular complexity index is 386. The van der Waals surface area contributed by atoms with E-state index in [4.69, 9.17) is 11.6 Å². The van der Waals surface area contributed by atoms with Gasteiger partial charge in [-0.05, 0) is 32.1 Å². The molecule has 19 heavy (non-hydrogen) atoms. The van der Waals surface area contributed by atoms with Crippen molar-refractivity contribution < 1.29 is 13.2 Å². The highest BCUT2D eigenvalue weighted by Crippen LogP contribution is 2.18. The molecule has 1 heterocycles. The van der Waals surface area contributed by atoms with Gasteiger partial charge in [-0.3, -0.25) is 4.79 Å². The van der Waals surface area contributed by atoms with Crippen LogP contribution in [0.15, 0.2) is 0 Å². The van der Waals surface area contributed by atoms with Crippen LogP contribution in [-0.2, 0) is 14.8 Å². The van der Waals surface area contributed by atoms with E-state index >= 15 is 0 Å². The highest BCUT2D eigenvalue weighted by molar-refractivity contribution is 7.88. The molecule has 1 N–H and O–H groups in total. The van der Waals surface area contributed by atoms with Crippen molar-refractivity contribution in [3.63, 3.8) is 0 Å². The maximum absolute atomic E-state index is 12.1. The quantitative estimate of drug-likeness (QED) is 0.570. The molecule has 1 aliphatic heterocycles. The summed E-state index contributed by atoms with van der Waals surface area (Å²) < 4.78 is 24.8. The molecule has 1 unspecified atom stereocenters. The molecule has 0 aromatic heterocycles. The lowest BCUT2D eigenvalue weighted by Gasteiger charge is -2.36. The van der Waals surface area contributed by atoms with E-state index in [1.807, 2.05) is 4.90 Å². The SMILES string of the molecule is CS(=O)(=O)NCC1CCCCN1C(=O)CCCCCl. The number of carbonyl (C=O) groups excluding carboxylic acids is 1. The summed E-state index contributed by atoms with van der Waals surface area (Å²) in [5.41, 5.74) is 0. The lowest BCUT2D eigenvalue weighted by molar-refractivity contribution is -0.134. The van der Waals surface area contributed by atoms with E-state index in [1.54, 1.807) is 0 Å². The third-order valence-corrected chi connectivity index (χ3v) is 4.26. The summed E-state index contributed by atoms with van der Waals surface area (Å²) in [6, 6.07) is -0.00743. The zero-order valence-electron chi connectivity index (χ0n) is 11.4. The van der Waals surface area contributed by atoms with Gasteiger partial charge in [-0.2, -0.15) is 0 Å². The molecule has 1 amide bonds. The topological polar surface area (TPSA) is 66.5 Å². The summed E-state index contributed by atoms with van der Waals surface area (Å²) in [6.07, 6.45) is 6.19. The van der Waals surface area contributed by atoms with Crippen LogP contribution in [-0.4, -0.2) is 50.5 Å². The molecular formula is C12H23ClN2O3S. The Kier molecular flexibility index (Phi) is 7.10. The number of likely N-dealkylation sites (tertiary alicyclic amines) is 1. The molecule has 7 heteroatoms. The molecule has 0 radical (unpaired) electrons. The van der Waals surface area contributed by atoms with Crippen molar-refractivity contribution in [2.24, 2.45) is 0 Å². The molecule has 0 aliphatic carbocycles. The average molecular weight is 311 g/mol. The van der Waals surface area contributed by atoms with E-state index in [1.165, 1.54) is 0 Å². The fourth-order valence-electron chi connectivity index (χ4n) is 2.30. The number of hydrogen-bond acceptors (Lipinski definition) is 3. The Labute approximate surface area is 120 Å². The second-order valence-corrected chi connectivity index (χ2v) is 7.21. The van der Waals surface area contributed by atoms with Gasteiger partial charge in [0.05, 0.1) is 6.26 Å². The summed E-state index contributed by atoms with van der Waals surface area (Å²) in [4.78, 5) is 13.9. The first-order valence-corrected chi connectivity index (χ1v) is 9.16. The van der Waals surface area contributed by atoms with Crippen LogP contribution in [0.4, 0.5) is 0 Å². The number of unbranched alkanes of at least 4 members (excludes halogenated alkanes) is 1. The molecule has 0 aromatic rings. The number of piperidine rings is 1. The van der Waals surface area contributed by atoms with Crippen LogP contribution >= 0.6 is 11.6 Å². The summed E-state index contributed by atoms with van der Waals surface area (Å²) in [6.45, 7) is 1.05. The van der Waals surface area contributed by atoms with Crippen molar-refractivity contribution in [1.29, 1.82) is 0 Å². The smallest absolute Gasteiger partial charge is 0.222 e. The lowest BCUT2D eigenvalue weighted by Crippen LogP contribution is -2.49. The van der Waals surface area contributed by atoms with Gasteiger partial charge in [0.2, 0.25) is 15.9 Å². The summed E-state index contributed by atoms with van der Waals surface area (Å²) in [5.74, 6) is 0.692. The first kappa shape index (κ1) is 16.7. The number of nitrogens with zero attached hydrogens (tertiary/aromatic N) is 1. The van der Waals surface area contributed by atoms with E-state index in [-0.39, 0.29) is 11.9 Å². The van der Waals surface area contributed by atoms with E-state index < -0.39 is 10.0 Å². The monoisotopic (exact) mass is 310 g/mol. The van der Waals surface area contributed by atoms with E-state index in [2.05, 4.69) is 4.72 Å². The zero-order chi connectivity index (χ0) is 14.3. The zero-order valence-corrected chi connectivity index (χ0v) is 13.0. The minimum atomic E-state index is -3.20. The van der Waals surface area contributed by atoms with Crippen molar-refractivity contribution in [2.75, 3.05) is 25.2 Å². The summed E-state index contributed by atoms with van der Waals surface area (Å²) in [7, 11) is -3.20. The molecule has 0 aromatic carbocycles. The fourth-order valence-corrected chi connectivity index (χ4v) is 2.99. The predicted octanol–water partition coefficient (Wildman–Crippen LogP) is 1.33. The Balaban J connectivity index is 2.49. The number of nitrogens with one attached hydrogen (secondary N) is 1. The van der Waals surface area contributed by atoms with Gasteiger partial charge in [-0.25, -0.2) is 13.1 Å². The molecule has 0 spiro atoms. The van der Waals surface area contributed by atoms with Crippen LogP contribution in [0.2, 0.25) is 0 Å². The molecular weight excluding hydrogens is 288 g/mol. The van der Waals surface area contributed by atoms with Crippen molar-refractivity contribution in [2.45, 2.75) is 44.6 Å². The average Bonchev–Trinajstić information content (AvgIpc) is 2.36. The van der Waals surface area contributed by atoms with Gasteiger partial charge in [0.1, 0.15) is 0 Å². The maximum Gasteiger partial charge on any atom is 0.222 e. The number of sulfonamides is 1. The predicted molar refractivity (Wildman–Crippen MR) is 76.8 cm³/mol. The van der Waals surface area contributed by atoms with Crippen LogP contribution in [0, 0.1) is 0 Å². The molecule has 0 saturated carbocycles. The number of rotatable bonds is 7. The molecule has 5 nitrogen and oxygen atoms in total. The molecule has 1 saturated heterocycles. The second kappa shape index (κ2) is 8.07. The van der Waals surface area contributed by atoms with Crippen LogP contribution < -0.4 is 4.72 Å². The Hall–Kier alpha value is -0.330. The van der Waals surface area contributed by atoms with E-state index in [9.17, 15) is 13.2 Å². The van der Waals surface area contributed by atoms with Crippen LogP contribution in [0.1, 0.15) is 38.5 Å². The van der Waals surface area contributed by atoms with Crippen LogP contribution in [0.25, 0.3) is 0 Å². The van der Waals surface area contributed by atoms with Crippen molar-refractivity contribution in [1.82, 2.24) is 9.62 Å². The number of carbonyl (C=O) groups is 1. The molecule has 112 valence electrons. The highest BCUT2D eigenvalue weighted by Gasteiger charge is 2.26. The minimum Gasteiger partial charge on any atom is -0.338 e. The van der Waals surface area contributed by atoms with Crippen LogP contribution in [0.3, 0.4) is 0 Å². The number of halogens is 1. The highest BCUT2D eigenvalue weighted by atomic mass is 35.5. The normalized spacial score (nSPS) is 20.5. The first-order chi connectivity index (χ1) is 8.94. The number of alkyl halides is 1. The van der Waals surface area contributed by atoms with Crippen molar-refractivity contribution in [3.8, 4) is 0 Å². The Morgan fingerprint density at radius 2 is 2.11 bits per heavy atom. The molecule has 0 bridgehead atoms. The molecule has 1 rings (SSSR count). The maximum atomic E-state index is 12.1. The van der Waals surface area contributed by atoms with E-state index in [0.717, 1.165) is 44.9 Å². The standard InChI is InChI=1S/C12H23ClN2O3S/c1-19(17,18)14-10-11-6-3-5-9-15(11)12(16)7-2-4-8-13/h11,14H,2-10H2,1H3. The van der Waals surface area contributed by atoms with Crippen molar-refractivity contribution in [3.05, 3.63) is 0 Å². The van der Waals surface area contributed by atoms with Gasteiger partial charge in [-0.1, -0.05) is 0 Å². The minimum absolute atomic E-state index is 0.00743. The number of amides is 1. The van der Waals surface area contributed by atoms with Crippen LogP contribution in [0.5, 0.6) is 0 Å². The van der Waals surface area contributed by atoms with Gasteiger partial charge >= 0.3 is 0 Å². The molecule has 1 fully saturated rings.